The van der Waals surface area contributed by atoms with Crippen LogP contribution in [0.4, 0.5) is 0 Å². The van der Waals surface area contributed by atoms with Gasteiger partial charge in [0.2, 0.25) is 0 Å². The Hall–Kier alpha value is -1.62. The standard InChI is InChI=1S/C13H12BrN3O/c1-2-18-13-16-15-12-8-9-3-4-11(14)7-10(9)5-6-17(12)13/h3-7H,2,8H2,1H3. The molecule has 92 valence electrons. The molecule has 0 spiro atoms. The van der Waals surface area contributed by atoms with Crippen LogP contribution in [0.15, 0.2) is 22.7 Å². The van der Waals surface area contributed by atoms with Gasteiger partial charge in [-0.1, -0.05) is 27.1 Å². The van der Waals surface area contributed by atoms with Crippen molar-refractivity contribution in [2.75, 3.05) is 6.61 Å². The Morgan fingerprint density at radius 2 is 2.28 bits per heavy atom. The summed E-state index contributed by atoms with van der Waals surface area (Å²) >= 11 is 3.49. The fourth-order valence-electron chi connectivity index (χ4n) is 2.01. The molecule has 18 heavy (non-hydrogen) atoms. The molecule has 0 radical (unpaired) electrons. The van der Waals surface area contributed by atoms with E-state index < -0.39 is 0 Å². The molecule has 0 N–H and O–H groups in total. The van der Waals surface area contributed by atoms with Crippen molar-refractivity contribution in [3.05, 3.63) is 39.6 Å². The molecule has 0 saturated carbocycles. The summed E-state index contributed by atoms with van der Waals surface area (Å²) in [5.41, 5.74) is 2.43. The zero-order chi connectivity index (χ0) is 12.5. The Morgan fingerprint density at radius 3 is 3.11 bits per heavy atom. The van der Waals surface area contributed by atoms with Crippen LogP contribution in [0, 0.1) is 0 Å². The van der Waals surface area contributed by atoms with Gasteiger partial charge in [0.1, 0.15) is 5.82 Å². The fraction of sp³-hybridized carbons (Fsp3) is 0.231. The largest absolute Gasteiger partial charge is 0.464 e. The Kier molecular flexibility index (Phi) is 2.91. The molecule has 1 aromatic heterocycles. The maximum atomic E-state index is 5.45. The molecule has 4 nitrogen and oxygen atoms in total. The van der Waals surface area contributed by atoms with Gasteiger partial charge < -0.3 is 4.74 Å². The maximum absolute atomic E-state index is 5.45. The molecule has 0 bridgehead atoms. The van der Waals surface area contributed by atoms with E-state index in [9.17, 15) is 0 Å². The first kappa shape index (κ1) is 11.5. The highest BCUT2D eigenvalue weighted by Gasteiger charge is 2.15. The van der Waals surface area contributed by atoms with Gasteiger partial charge in [0.15, 0.2) is 0 Å². The molecular weight excluding hydrogens is 294 g/mol. The summed E-state index contributed by atoms with van der Waals surface area (Å²) in [7, 11) is 0. The maximum Gasteiger partial charge on any atom is 0.321 e. The Labute approximate surface area is 113 Å². The summed E-state index contributed by atoms with van der Waals surface area (Å²) in [5.74, 6) is 0.899. The Balaban J connectivity index is 2.06. The van der Waals surface area contributed by atoms with E-state index in [-0.39, 0.29) is 0 Å². The van der Waals surface area contributed by atoms with E-state index in [1.54, 1.807) is 0 Å². The smallest absolute Gasteiger partial charge is 0.321 e. The summed E-state index contributed by atoms with van der Waals surface area (Å²) in [6.45, 7) is 2.53. The molecule has 1 aliphatic heterocycles. The van der Waals surface area contributed by atoms with Crippen LogP contribution in [0.25, 0.3) is 12.3 Å². The minimum Gasteiger partial charge on any atom is -0.464 e. The highest BCUT2D eigenvalue weighted by molar-refractivity contribution is 9.10. The molecule has 2 heterocycles. The van der Waals surface area contributed by atoms with Crippen LogP contribution in [0.1, 0.15) is 23.9 Å². The first-order valence-electron chi connectivity index (χ1n) is 5.81. The van der Waals surface area contributed by atoms with Gasteiger partial charge in [-0.25, -0.2) is 0 Å². The number of hydrogen-bond acceptors (Lipinski definition) is 3. The predicted octanol–water partition coefficient (Wildman–Crippen LogP) is 2.97. The summed E-state index contributed by atoms with van der Waals surface area (Å²) in [6, 6.07) is 6.80. The SMILES string of the molecule is CCOc1nnc2n1C=Cc1cc(Br)ccc1C2. The van der Waals surface area contributed by atoms with Gasteiger partial charge in [-0.15, -0.1) is 5.10 Å². The molecule has 1 aromatic carbocycles. The van der Waals surface area contributed by atoms with Crippen molar-refractivity contribution in [3.63, 3.8) is 0 Å². The van der Waals surface area contributed by atoms with Crippen LogP contribution in [-0.4, -0.2) is 21.4 Å². The van der Waals surface area contributed by atoms with E-state index in [1.807, 2.05) is 23.8 Å². The lowest BCUT2D eigenvalue weighted by atomic mass is 10.1. The third-order valence-electron chi connectivity index (χ3n) is 2.87. The van der Waals surface area contributed by atoms with Crippen LogP contribution in [0.5, 0.6) is 6.01 Å². The number of fused-ring (bicyclic) bond motifs is 2. The van der Waals surface area contributed by atoms with Crippen molar-refractivity contribution in [2.45, 2.75) is 13.3 Å². The zero-order valence-corrected chi connectivity index (χ0v) is 11.5. The van der Waals surface area contributed by atoms with Crippen molar-refractivity contribution in [3.8, 4) is 6.01 Å². The van der Waals surface area contributed by atoms with Gasteiger partial charge in [-0.05, 0) is 36.3 Å². The van der Waals surface area contributed by atoms with Crippen molar-refractivity contribution in [1.82, 2.24) is 14.8 Å². The number of halogens is 1. The first-order chi connectivity index (χ1) is 8.78. The second-order valence-corrected chi connectivity index (χ2v) is 4.95. The van der Waals surface area contributed by atoms with Gasteiger partial charge in [-0.3, -0.25) is 4.57 Å². The molecule has 3 rings (SSSR count). The van der Waals surface area contributed by atoms with Crippen molar-refractivity contribution in [1.29, 1.82) is 0 Å². The minimum atomic E-state index is 0.552. The molecule has 2 aromatic rings. The normalized spacial score (nSPS) is 12.8. The van der Waals surface area contributed by atoms with E-state index in [2.05, 4.69) is 44.3 Å². The van der Waals surface area contributed by atoms with Gasteiger partial charge >= 0.3 is 6.01 Å². The number of hydrogen-bond donors (Lipinski definition) is 0. The molecule has 0 saturated heterocycles. The van der Waals surface area contributed by atoms with Crippen molar-refractivity contribution < 1.29 is 4.74 Å². The fourth-order valence-corrected chi connectivity index (χ4v) is 2.39. The van der Waals surface area contributed by atoms with Gasteiger partial charge in [0.05, 0.1) is 6.61 Å². The molecule has 0 amide bonds. The van der Waals surface area contributed by atoms with E-state index >= 15 is 0 Å². The number of nitrogens with zero attached hydrogens (tertiary/aromatic N) is 3. The lowest BCUT2D eigenvalue weighted by molar-refractivity contribution is 0.307. The molecule has 0 atom stereocenters. The lowest BCUT2D eigenvalue weighted by Gasteiger charge is -2.03. The number of rotatable bonds is 2. The topological polar surface area (TPSA) is 39.9 Å². The number of aromatic nitrogens is 3. The summed E-state index contributed by atoms with van der Waals surface area (Å²) in [5, 5.41) is 8.23. The summed E-state index contributed by atoms with van der Waals surface area (Å²) < 4.78 is 8.43. The van der Waals surface area contributed by atoms with Gasteiger partial charge in [0, 0.05) is 17.1 Å². The van der Waals surface area contributed by atoms with Crippen LogP contribution in [0.3, 0.4) is 0 Å². The minimum absolute atomic E-state index is 0.552. The molecular formula is C13H12BrN3O. The molecule has 0 fully saturated rings. The third-order valence-corrected chi connectivity index (χ3v) is 3.36. The Morgan fingerprint density at radius 1 is 1.39 bits per heavy atom. The van der Waals surface area contributed by atoms with Gasteiger partial charge in [0.25, 0.3) is 0 Å². The quantitative estimate of drug-likeness (QED) is 0.731. The number of ether oxygens (including phenoxy) is 1. The second-order valence-electron chi connectivity index (χ2n) is 4.04. The summed E-state index contributed by atoms with van der Waals surface area (Å²) in [4.78, 5) is 0. The van der Waals surface area contributed by atoms with Crippen molar-refractivity contribution >= 4 is 28.2 Å². The average molecular weight is 306 g/mol. The molecule has 5 heteroatoms. The highest BCUT2D eigenvalue weighted by atomic mass is 79.9. The Bertz CT molecular complexity index is 619. The van der Waals surface area contributed by atoms with Crippen LogP contribution in [0.2, 0.25) is 0 Å². The van der Waals surface area contributed by atoms with Crippen LogP contribution >= 0.6 is 15.9 Å². The van der Waals surface area contributed by atoms with E-state index in [0.29, 0.717) is 12.6 Å². The third kappa shape index (κ3) is 1.95. The number of benzene rings is 1. The van der Waals surface area contributed by atoms with E-state index in [4.69, 9.17) is 4.74 Å². The average Bonchev–Trinajstić information content (AvgIpc) is 2.63. The van der Waals surface area contributed by atoms with Gasteiger partial charge in [-0.2, -0.15) is 0 Å². The molecule has 0 aliphatic carbocycles. The summed E-state index contributed by atoms with van der Waals surface area (Å²) in [6.07, 6.45) is 4.77. The molecule has 0 unspecified atom stereocenters. The lowest BCUT2D eigenvalue weighted by Crippen LogP contribution is -2.01. The van der Waals surface area contributed by atoms with E-state index in [0.717, 1.165) is 16.7 Å². The molecule has 1 aliphatic rings. The van der Waals surface area contributed by atoms with Crippen LogP contribution in [-0.2, 0) is 6.42 Å². The van der Waals surface area contributed by atoms with E-state index in [1.165, 1.54) is 11.1 Å². The zero-order valence-electron chi connectivity index (χ0n) is 9.93. The van der Waals surface area contributed by atoms with Crippen LogP contribution < -0.4 is 4.74 Å². The monoisotopic (exact) mass is 305 g/mol. The van der Waals surface area contributed by atoms with Crippen molar-refractivity contribution in [2.24, 2.45) is 0 Å². The second kappa shape index (κ2) is 4.57. The highest BCUT2D eigenvalue weighted by Crippen LogP contribution is 2.25. The predicted molar refractivity (Wildman–Crippen MR) is 73.4 cm³/mol. The first-order valence-corrected chi connectivity index (χ1v) is 6.60.